The maximum atomic E-state index is 11.2. The summed E-state index contributed by atoms with van der Waals surface area (Å²) >= 11 is 0. The third-order valence-corrected chi connectivity index (χ3v) is 3.05. The summed E-state index contributed by atoms with van der Waals surface area (Å²) < 4.78 is 0. The van der Waals surface area contributed by atoms with E-state index in [-0.39, 0.29) is 0 Å². The van der Waals surface area contributed by atoms with Crippen LogP contribution in [0.5, 0.6) is 0 Å². The molecule has 0 fully saturated rings. The summed E-state index contributed by atoms with van der Waals surface area (Å²) in [6.45, 7) is 0. The van der Waals surface area contributed by atoms with Crippen molar-refractivity contribution in [2.75, 3.05) is 0 Å². The summed E-state index contributed by atoms with van der Waals surface area (Å²) in [5.41, 5.74) is 8.47. The first kappa shape index (κ1) is 11.4. The van der Waals surface area contributed by atoms with Crippen LogP contribution in [0.3, 0.4) is 0 Å². The molecule has 3 nitrogen and oxygen atoms in total. The minimum atomic E-state index is -0.436. The van der Waals surface area contributed by atoms with Crippen LogP contribution in [0.1, 0.15) is 10.4 Å². The minimum Gasteiger partial charge on any atom is -0.366 e. The molecule has 2 N–H and O–H groups in total. The molecule has 1 amide bonds. The predicted molar refractivity (Wildman–Crippen MR) is 75.7 cm³/mol. The number of benzene rings is 2. The second-order valence-electron chi connectivity index (χ2n) is 4.33. The van der Waals surface area contributed by atoms with E-state index in [0.29, 0.717) is 5.56 Å². The van der Waals surface area contributed by atoms with Crippen LogP contribution in [-0.2, 0) is 0 Å². The second-order valence-corrected chi connectivity index (χ2v) is 4.33. The Balaban J connectivity index is 2.16. The fourth-order valence-corrected chi connectivity index (χ4v) is 2.04. The van der Waals surface area contributed by atoms with Gasteiger partial charge in [-0.15, -0.1) is 0 Å². The van der Waals surface area contributed by atoms with Crippen molar-refractivity contribution in [3.8, 4) is 11.3 Å². The van der Waals surface area contributed by atoms with E-state index >= 15 is 0 Å². The normalized spacial score (nSPS) is 10.5. The number of carbonyl (C=O) groups excluding carboxylic acids is 1. The van der Waals surface area contributed by atoms with E-state index in [1.807, 2.05) is 48.5 Å². The number of fused-ring (bicyclic) bond motifs is 1. The third kappa shape index (κ3) is 2.18. The lowest BCUT2D eigenvalue weighted by atomic mass is 10.1. The van der Waals surface area contributed by atoms with E-state index in [4.69, 9.17) is 5.73 Å². The first-order valence-corrected chi connectivity index (χ1v) is 6.00. The average Bonchev–Trinajstić information content (AvgIpc) is 2.47. The predicted octanol–water partition coefficient (Wildman–Crippen LogP) is 3.00. The Morgan fingerprint density at radius 1 is 0.947 bits per heavy atom. The zero-order chi connectivity index (χ0) is 13.2. The molecule has 1 heterocycles. The Morgan fingerprint density at radius 3 is 2.42 bits per heavy atom. The molecule has 19 heavy (non-hydrogen) atoms. The molecule has 3 heteroatoms. The fourth-order valence-electron chi connectivity index (χ4n) is 2.04. The summed E-state index contributed by atoms with van der Waals surface area (Å²) in [5.74, 6) is -0.436. The van der Waals surface area contributed by atoms with E-state index in [9.17, 15) is 4.79 Å². The summed E-state index contributed by atoms with van der Waals surface area (Å²) in [4.78, 5) is 15.8. The van der Waals surface area contributed by atoms with Crippen molar-refractivity contribution in [1.29, 1.82) is 0 Å². The van der Waals surface area contributed by atoms with E-state index in [1.54, 1.807) is 12.1 Å². The number of carbonyl (C=O) groups is 1. The number of hydrogen-bond donors (Lipinski definition) is 1. The largest absolute Gasteiger partial charge is 0.366 e. The van der Waals surface area contributed by atoms with E-state index < -0.39 is 5.91 Å². The molecule has 0 aliphatic heterocycles. The Bertz CT molecular complexity index is 751. The first-order chi connectivity index (χ1) is 9.24. The van der Waals surface area contributed by atoms with Crippen molar-refractivity contribution in [2.24, 2.45) is 5.73 Å². The van der Waals surface area contributed by atoms with Gasteiger partial charge in [-0.3, -0.25) is 4.79 Å². The molecule has 0 saturated carbocycles. The SMILES string of the molecule is NC(=O)c1ccc2ccc(-c3ccccc3)nc2c1. The van der Waals surface area contributed by atoms with Crippen LogP contribution in [0.25, 0.3) is 22.2 Å². The molecule has 2 aromatic carbocycles. The highest BCUT2D eigenvalue weighted by Gasteiger charge is 2.04. The highest BCUT2D eigenvalue weighted by Crippen LogP contribution is 2.21. The van der Waals surface area contributed by atoms with Crippen molar-refractivity contribution in [3.05, 3.63) is 66.2 Å². The van der Waals surface area contributed by atoms with Gasteiger partial charge in [0.1, 0.15) is 0 Å². The Hall–Kier alpha value is -2.68. The van der Waals surface area contributed by atoms with Crippen LogP contribution in [-0.4, -0.2) is 10.9 Å². The van der Waals surface area contributed by atoms with Gasteiger partial charge in [0.05, 0.1) is 11.2 Å². The summed E-state index contributed by atoms with van der Waals surface area (Å²) in [7, 11) is 0. The standard InChI is InChI=1S/C16H12N2O/c17-16(19)13-7-6-12-8-9-14(18-15(12)10-13)11-4-2-1-3-5-11/h1-10H,(H2,17,19). The lowest BCUT2D eigenvalue weighted by Gasteiger charge is -2.04. The van der Waals surface area contributed by atoms with Gasteiger partial charge in [-0.05, 0) is 18.2 Å². The highest BCUT2D eigenvalue weighted by atomic mass is 16.1. The number of hydrogen-bond acceptors (Lipinski definition) is 2. The van der Waals surface area contributed by atoms with Gasteiger partial charge >= 0.3 is 0 Å². The van der Waals surface area contributed by atoms with Gasteiger partial charge in [0.2, 0.25) is 5.91 Å². The molecule has 3 aromatic rings. The minimum absolute atomic E-state index is 0.436. The van der Waals surface area contributed by atoms with E-state index in [2.05, 4.69) is 4.98 Å². The number of primary amides is 1. The van der Waals surface area contributed by atoms with Crippen LogP contribution in [0.4, 0.5) is 0 Å². The molecular weight excluding hydrogens is 236 g/mol. The number of nitrogens with two attached hydrogens (primary N) is 1. The van der Waals surface area contributed by atoms with Crippen LogP contribution >= 0.6 is 0 Å². The molecule has 0 spiro atoms. The van der Waals surface area contributed by atoms with E-state index in [0.717, 1.165) is 22.2 Å². The molecule has 3 rings (SSSR count). The Kier molecular flexibility index (Phi) is 2.72. The van der Waals surface area contributed by atoms with Gasteiger partial charge in [0.25, 0.3) is 0 Å². The van der Waals surface area contributed by atoms with Crippen molar-refractivity contribution in [1.82, 2.24) is 4.98 Å². The van der Waals surface area contributed by atoms with Gasteiger partial charge in [0, 0.05) is 16.5 Å². The van der Waals surface area contributed by atoms with Gasteiger partial charge in [-0.1, -0.05) is 42.5 Å². The monoisotopic (exact) mass is 248 g/mol. The van der Waals surface area contributed by atoms with Crippen LogP contribution in [0, 0.1) is 0 Å². The quantitative estimate of drug-likeness (QED) is 0.758. The number of pyridine rings is 1. The molecule has 0 radical (unpaired) electrons. The van der Waals surface area contributed by atoms with Crippen LogP contribution in [0.15, 0.2) is 60.7 Å². The van der Waals surface area contributed by atoms with Crippen molar-refractivity contribution >= 4 is 16.8 Å². The first-order valence-electron chi connectivity index (χ1n) is 6.00. The lowest BCUT2D eigenvalue weighted by Crippen LogP contribution is -2.10. The van der Waals surface area contributed by atoms with Crippen molar-refractivity contribution < 1.29 is 4.79 Å². The van der Waals surface area contributed by atoms with Gasteiger partial charge in [-0.2, -0.15) is 0 Å². The number of amides is 1. The van der Waals surface area contributed by atoms with Gasteiger partial charge < -0.3 is 5.73 Å². The summed E-state index contributed by atoms with van der Waals surface area (Å²) in [6, 6.07) is 19.2. The third-order valence-electron chi connectivity index (χ3n) is 3.05. The maximum Gasteiger partial charge on any atom is 0.248 e. The zero-order valence-corrected chi connectivity index (χ0v) is 10.2. The summed E-state index contributed by atoms with van der Waals surface area (Å²) in [6.07, 6.45) is 0. The maximum absolute atomic E-state index is 11.2. The fraction of sp³-hybridized carbons (Fsp3) is 0. The molecule has 1 aromatic heterocycles. The molecule has 92 valence electrons. The molecule has 0 atom stereocenters. The molecule has 0 bridgehead atoms. The molecule has 0 aliphatic carbocycles. The number of aromatic nitrogens is 1. The van der Waals surface area contributed by atoms with Gasteiger partial charge in [0.15, 0.2) is 0 Å². The number of nitrogens with zero attached hydrogens (tertiary/aromatic N) is 1. The van der Waals surface area contributed by atoms with E-state index in [1.165, 1.54) is 0 Å². The topological polar surface area (TPSA) is 56.0 Å². The van der Waals surface area contributed by atoms with Crippen molar-refractivity contribution in [3.63, 3.8) is 0 Å². The van der Waals surface area contributed by atoms with Crippen molar-refractivity contribution in [2.45, 2.75) is 0 Å². The Morgan fingerprint density at radius 2 is 1.68 bits per heavy atom. The smallest absolute Gasteiger partial charge is 0.248 e. The molecule has 0 unspecified atom stereocenters. The molecular formula is C16H12N2O. The number of rotatable bonds is 2. The van der Waals surface area contributed by atoms with Gasteiger partial charge in [-0.25, -0.2) is 4.98 Å². The summed E-state index contributed by atoms with van der Waals surface area (Å²) in [5, 5.41) is 0.990. The lowest BCUT2D eigenvalue weighted by molar-refractivity contribution is 0.100. The molecule has 0 saturated heterocycles. The second kappa shape index (κ2) is 4.53. The molecule has 0 aliphatic rings. The highest BCUT2D eigenvalue weighted by molar-refractivity contribution is 5.97. The zero-order valence-electron chi connectivity index (χ0n) is 10.2. The average molecular weight is 248 g/mol. The Labute approximate surface area is 110 Å². The van der Waals surface area contributed by atoms with Crippen LogP contribution < -0.4 is 5.73 Å². The van der Waals surface area contributed by atoms with Crippen LogP contribution in [0.2, 0.25) is 0 Å².